The van der Waals surface area contributed by atoms with Crippen LogP contribution in [0, 0.1) is 0 Å². The molecule has 0 unspecified atom stereocenters. The summed E-state index contributed by atoms with van der Waals surface area (Å²) in [7, 11) is 0. The zero-order chi connectivity index (χ0) is 19.3. The van der Waals surface area contributed by atoms with Gasteiger partial charge in [0.05, 0.1) is 16.9 Å². The number of hydrogen-bond donors (Lipinski definition) is 1. The molecule has 6 heteroatoms. The highest BCUT2D eigenvalue weighted by molar-refractivity contribution is 5.88. The van der Waals surface area contributed by atoms with Crippen LogP contribution >= 0.6 is 0 Å². The van der Waals surface area contributed by atoms with E-state index in [-0.39, 0.29) is 5.56 Å². The van der Waals surface area contributed by atoms with E-state index in [0.29, 0.717) is 5.69 Å². The Labute approximate surface area is 161 Å². The maximum atomic E-state index is 11.2. The Morgan fingerprint density at radius 2 is 1.75 bits per heavy atom. The molecule has 4 aromatic rings. The summed E-state index contributed by atoms with van der Waals surface area (Å²) in [5.74, 6) is -0.980. The molecule has 3 aromatic heterocycles. The number of carboxylic acid groups (broad SMARTS) is 1. The molecule has 6 nitrogen and oxygen atoms in total. The number of carbonyl (C=O) groups is 1. The molecule has 0 amide bonds. The smallest absolute Gasteiger partial charge is 0.335 e. The van der Waals surface area contributed by atoms with Gasteiger partial charge in [0.2, 0.25) is 0 Å². The van der Waals surface area contributed by atoms with E-state index in [2.05, 4.69) is 9.97 Å². The van der Waals surface area contributed by atoms with Crippen molar-refractivity contribution in [3.8, 4) is 16.9 Å². The molecule has 0 saturated carbocycles. The van der Waals surface area contributed by atoms with Crippen LogP contribution in [-0.2, 0) is 0 Å². The zero-order valence-corrected chi connectivity index (χ0v) is 14.8. The van der Waals surface area contributed by atoms with Crippen LogP contribution in [0.1, 0.15) is 21.6 Å². The predicted molar refractivity (Wildman–Crippen MR) is 107 cm³/mol. The van der Waals surface area contributed by atoms with E-state index in [4.69, 9.17) is 10.2 Å². The van der Waals surface area contributed by atoms with E-state index in [9.17, 15) is 4.79 Å². The molecule has 0 radical (unpaired) electrons. The minimum absolute atomic E-state index is 0.198. The first-order chi connectivity index (χ1) is 13.7. The number of rotatable bonds is 5. The fourth-order valence-corrected chi connectivity index (χ4v) is 2.80. The van der Waals surface area contributed by atoms with E-state index >= 15 is 0 Å². The fourth-order valence-electron chi connectivity index (χ4n) is 2.80. The fraction of sp³-hybridized carbons (Fsp3) is 0. The Morgan fingerprint density at radius 1 is 0.964 bits per heavy atom. The second-order valence-corrected chi connectivity index (χ2v) is 6.06. The molecule has 0 saturated heterocycles. The number of hydrogen-bond acceptors (Lipinski definition) is 4. The summed E-state index contributed by atoms with van der Waals surface area (Å²) >= 11 is 0. The van der Waals surface area contributed by atoms with Crippen LogP contribution in [0.3, 0.4) is 0 Å². The van der Waals surface area contributed by atoms with Crippen LogP contribution in [0.25, 0.3) is 29.1 Å². The average Bonchev–Trinajstić information content (AvgIpc) is 3.18. The minimum Gasteiger partial charge on any atom is -0.478 e. The summed E-state index contributed by atoms with van der Waals surface area (Å²) in [6, 6.07) is 16.6. The van der Waals surface area contributed by atoms with E-state index in [1.807, 2.05) is 59.4 Å². The van der Waals surface area contributed by atoms with Crippen LogP contribution in [0.15, 0.2) is 79.4 Å². The topological polar surface area (TPSA) is 80.9 Å². The molecule has 0 fully saturated rings. The van der Waals surface area contributed by atoms with E-state index in [0.717, 1.165) is 22.5 Å². The second kappa shape index (κ2) is 7.67. The lowest BCUT2D eigenvalue weighted by atomic mass is 10.1. The third kappa shape index (κ3) is 3.71. The number of pyridine rings is 2. The van der Waals surface area contributed by atoms with Gasteiger partial charge in [0.1, 0.15) is 5.69 Å². The molecule has 136 valence electrons. The lowest BCUT2D eigenvalue weighted by Crippen LogP contribution is -1.96. The van der Waals surface area contributed by atoms with Gasteiger partial charge in [-0.3, -0.25) is 9.97 Å². The highest BCUT2D eigenvalue weighted by atomic mass is 16.4. The van der Waals surface area contributed by atoms with Gasteiger partial charge in [0, 0.05) is 35.9 Å². The summed E-state index contributed by atoms with van der Waals surface area (Å²) in [5.41, 5.74) is 4.34. The molecule has 0 aliphatic rings. The van der Waals surface area contributed by atoms with Gasteiger partial charge in [0.15, 0.2) is 0 Å². The molecule has 0 atom stereocenters. The molecule has 0 aliphatic heterocycles. The number of carboxylic acids is 1. The minimum atomic E-state index is -0.980. The molecule has 28 heavy (non-hydrogen) atoms. The molecule has 1 N–H and O–H groups in total. The SMILES string of the molecule is O=C(O)c1ccnc(/C=C/c2cn(-c3ccccc3)nc2-c2ccncc2)c1. The molecule has 4 rings (SSSR count). The zero-order valence-electron chi connectivity index (χ0n) is 14.8. The van der Waals surface area contributed by atoms with Gasteiger partial charge in [-0.1, -0.05) is 18.2 Å². The lowest BCUT2D eigenvalue weighted by molar-refractivity contribution is 0.0696. The first-order valence-electron chi connectivity index (χ1n) is 8.63. The predicted octanol–water partition coefficient (Wildman–Crippen LogP) is 4.20. The molecule has 0 aliphatic carbocycles. The van der Waals surface area contributed by atoms with Crippen molar-refractivity contribution in [3.63, 3.8) is 0 Å². The summed E-state index contributed by atoms with van der Waals surface area (Å²) < 4.78 is 1.82. The Morgan fingerprint density at radius 3 is 2.50 bits per heavy atom. The Kier molecular flexibility index (Phi) is 4.76. The molecule has 1 aromatic carbocycles. The number of para-hydroxylation sites is 1. The first-order valence-corrected chi connectivity index (χ1v) is 8.63. The van der Waals surface area contributed by atoms with Crippen LogP contribution in [0.2, 0.25) is 0 Å². The van der Waals surface area contributed by atoms with Crippen molar-refractivity contribution in [2.75, 3.05) is 0 Å². The highest BCUT2D eigenvalue weighted by Gasteiger charge is 2.10. The summed E-state index contributed by atoms with van der Waals surface area (Å²) in [6.45, 7) is 0. The first kappa shape index (κ1) is 17.4. The van der Waals surface area contributed by atoms with Crippen molar-refractivity contribution < 1.29 is 9.90 Å². The summed E-state index contributed by atoms with van der Waals surface area (Å²) in [5, 5.41) is 13.9. The number of benzene rings is 1. The summed E-state index contributed by atoms with van der Waals surface area (Å²) in [6.07, 6.45) is 10.5. The quantitative estimate of drug-likeness (QED) is 0.571. The lowest BCUT2D eigenvalue weighted by Gasteiger charge is -2.00. The third-order valence-corrected chi connectivity index (χ3v) is 4.18. The third-order valence-electron chi connectivity index (χ3n) is 4.18. The largest absolute Gasteiger partial charge is 0.478 e. The monoisotopic (exact) mass is 368 g/mol. The van der Waals surface area contributed by atoms with Crippen molar-refractivity contribution >= 4 is 18.1 Å². The van der Waals surface area contributed by atoms with E-state index in [1.54, 1.807) is 18.5 Å². The summed E-state index contributed by atoms with van der Waals surface area (Å²) in [4.78, 5) is 19.4. The molecule has 0 bridgehead atoms. The maximum Gasteiger partial charge on any atom is 0.335 e. The van der Waals surface area contributed by atoms with E-state index in [1.165, 1.54) is 18.3 Å². The standard InChI is InChI=1S/C22H16N4O2/c27-22(28)17-10-13-24-19(14-17)7-6-18-15-26(20-4-2-1-3-5-20)25-21(18)16-8-11-23-12-9-16/h1-15H,(H,27,28)/b7-6+. The van der Waals surface area contributed by atoms with Gasteiger partial charge < -0.3 is 5.11 Å². The number of aromatic nitrogens is 4. The number of aromatic carboxylic acids is 1. The maximum absolute atomic E-state index is 11.2. The van der Waals surface area contributed by atoms with Crippen molar-refractivity contribution in [1.82, 2.24) is 19.7 Å². The van der Waals surface area contributed by atoms with Crippen LogP contribution < -0.4 is 0 Å². The molecular formula is C22H16N4O2. The van der Waals surface area contributed by atoms with Gasteiger partial charge >= 0.3 is 5.97 Å². The Bertz CT molecular complexity index is 1140. The van der Waals surface area contributed by atoms with Crippen LogP contribution in [0.5, 0.6) is 0 Å². The van der Waals surface area contributed by atoms with Gasteiger partial charge in [0.25, 0.3) is 0 Å². The van der Waals surface area contributed by atoms with Crippen LogP contribution in [0.4, 0.5) is 0 Å². The Balaban J connectivity index is 1.76. The van der Waals surface area contributed by atoms with Crippen molar-refractivity contribution in [2.45, 2.75) is 0 Å². The highest BCUT2D eigenvalue weighted by Crippen LogP contribution is 2.25. The van der Waals surface area contributed by atoms with E-state index < -0.39 is 5.97 Å². The van der Waals surface area contributed by atoms with Crippen molar-refractivity contribution in [2.24, 2.45) is 0 Å². The average molecular weight is 368 g/mol. The molecule has 0 spiro atoms. The van der Waals surface area contributed by atoms with Crippen molar-refractivity contribution in [1.29, 1.82) is 0 Å². The molecular weight excluding hydrogens is 352 g/mol. The van der Waals surface area contributed by atoms with Crippen LogP contribution in [-0.4, -0.2) is 30.8 Å². The molecule has 3 heterocycles. The van der Waals surface area contributed by atoms with Gasteiger partial charge in [-0.15, -0.1) is 0 Å². The van der Waals surface area contributed by atoms with Crippen molar-refractivity contribution in [3.05, 3.63) is 96.2 Å². The second-order valence-electron chi connectivity index (χ2n) is 6.06. The van der Waals surface area contributed by atoms with Gasteiger partial charge in [-0.25, -0.2) is 9.48 Å². The Hall–Kier alpha value is -4.06. The van der Waals surface area contributed by atoms with Gasteiger partial charge in [-0.05, 0) is 48.6 Å². The normalized spacial score (nSPS) is 11.0. The van der Waals surface area contributed by atoms with Gasteiger partial charge in [-0.2, -0.15) is 5.10 Å². The number of nitrogens with zero attached hydrogens (tertiary/aromatic N) is 4.